The third-order valence-electron chi connectivity index (χ3n) is 5.53. The molecule has 1 amide bonds. The second-order valence-electron chi connectivity index (χ2n) is 8.79. The van der Waals surface area contributed by atoms with E-state index in [1.165, 1.54) is 19.2 Å². The molecule has 3 rings (SSSR count). The third kappa shape index (κ3) is 5.06. The summed E-state index contributed by atoms with van der Waals surface area (Å²) >= 11 is 0. The van der Waals surface area contributed by atoms with E-state index >= 15 is 0 Å². The van der Waals surface area contributed by atoms with E-state index in [2.05, 4.69) is 4.72 Å². The molecule has 1 fully saturated rings. The summed E-state index contributed by atoms with van der Waals surface area (Å²) in [4.78, 5) is 14.4. The monoisotopic (exact) mass is 495 g/mol. The normalized spacial score (nSPS) is 18.5. The van der Waals surface area contributed by atoms with Crippen molar-refractivity contribution in [1.82, 2.24) is 9.62 Å². The molecule has 1 aliphatic heterocycles. The van der Waals surface area contributed by atoms with Gasteiger partial charge in [0.2, 0.25) is 26.0 Å². The van der Waals surface area contributed by atoms with Crippen molar-refractivity contribution in [3.8, 4) is 5.75 Å². The van der Waals surface area contributed by atoms with Crippen LogP contribution in [0.25, 0.3) is 0 Å². The van der Waals surface area contributed by atoms with Crippen molar-refractivity contribution in [1.29, 1.82) is 0 Å². The van der Waals surface area contributed by atoms with Gasteiger partial charge < -0.3 is 9.64 Å². The van der Waals surface area contributed by atoms with Crippen LogP contribution in [-0.4, -0.2) is 61.1 Å². The first-order chi connectivity index (χ1) is 15.3. The fourth-order valence-electron chi connectivity index (χ4n) is 3.80. The number of hydrogen-bond donors (Lipinski definition) is 1. The van der Waals surface area contributed by atoms with Gasteiger partial charge in [0.1, 0.15) is 10.6 Å². The van der Waals surface area contributed by atoms with Crippen molar-refractivity contribution in [2.75, 3.05) is 37.8 Å². The summed E-state index contributed by atoms with van der Waals surface area (Å²) in [6.07, 6.45) is 0. The zero-order chi connectivity index (χ0) is 24.6. The predicted molar refractivity (Wildman–Crippen MR) is 126 cm³/mol. The van der Waals surface area contributed by atoms with Gasteiger partial charge in [-0.3, -0.25) is 4.79 Å². The van der Waals surface area contributed by atoms with Crippen LogP contribution < -0.4 is 13.8 Å². The van der Waals surface area contributed by atoms with Gasteiger partial charge in [0.25, 0.3) is 0 Å². The van der Waals surface area contributed by atoms with Gasteiger partial charge in [-0.15, -0.1) is 0 Å². The molecule has 2 aromatic carbocycles. The molecular weight excluding hydrogens is 466 g/mol. The Balaban J connectivity index is 1.97. The number of carbonyl (C=O) groups excluding carboxylic acids is 1. The molecule has 1 N–H and O–H groups in total. The summed E-state index contributed by atoms with van der Waals surface area (Å²) in [7, 11) is -3.03. The van der Waals surface area contributed by atoms with Crippen LogP contribution in [0, 0.1) is 5.41 Å². The van der Waals surface area contributed by atoms with Gasteiger partial charge in [0.05, 0.1) is 24.0 Å². The van der Waals surface area contributed by atoms with Crippen LogP contribution in [0.1, 0.15) is 25.5 Å². The maximum absolute atomic E-state index is 13.2. The lowest BCUT2D eigenvalue weighted by molar-refractivity contribution is -0.123. The van der Waals surface area contributed by atoms with Crippen LogP contribution >= 0.6 is 0 Å². The molecule has 180 valence electrons. The molecule has 0 aliphatic carbocycles. The van der Waals surface area contributed by atoms with Crippen molar-refractivity contribution in [3.05, 3.63) is 54.1 Å². The zero-order valence-electron chi connectivity index (χ0n) is 19.3. The number of nitrogens with one attached hydrogen (secondary N) is 1. The van der Waals surface area contributed by atoms with E-state index in [0.717, 1.165) is 11.6 Å². The summed E-state index contributed by atoms with van der Waals surface area (Å²) < 4.78 is 60.3. The highest BCUT2D eigenvalue weighted by molar-refractivity contribution is 7.94. The van der Waals surface area contributed by atoms with Crippen LogP contribution in [0.4, 0.5) is 5.69 Å². The van der Waals surface area contributed by atoms with Crippen LogP contribution in [0.3, 0.4) is 0 Å². The van der Waals surface area contributed by atoms with Crippen molar-refractivity contribution in [2.45, 2.75) is 24.8 Å². The van der Waals surface area contributed by atoms with E-state index in [4.69, 9.17) is 4.74 Å². The highest BCUT2D eigenvalue weighted by Gasteiger charge is 2.50. The Bertz CT molecular complexity index is 1240. The molecular formula is C22H29N3O6S2. The molecule has 0 aromatic heterocycles. The first-order valence-corrected chi connectivity index (χ1v) is 13.4. The van der Waals surface area contributed by atoms with Gasteiger partial charge in [-0.2, -0.15) is 0 Å². The summed E-state index contributed by atoms with van der Waals surface area (Å²) in [6.45, 7) is 3.15. The Morgan fingerprint density at radius 2 is 1.79 bits per heavy atom. The summed E-state index contributed by atoms with van der Waals surface area (Å²) in [6, 6.07) is 13.1. The number of carbonyl (C=O) groups is 1. The highest BCUT2D eigenvalue weighted by Crippen LogP contribution is 2.38. The molecule has 1 saturated heterocycles. The average molecular weight is 496 g/mol. The topological polar surface area (TPSA) is 113 Å². The number of methoxy groups -OCH3 is 1. The van der Waals surface area contributed by atoms with E-state index in [9.17, 15) is 21.6 Å². The lowest BCUT2D eigenvalue weighted by Gasteiger charge is -2.25. The molecule has 0 bridgehead atoms. The Labute approximate surface area is 195 Å². The van der Waals surface area contributed by atoms with Gasteiger partial charge in [0.15, 0.2) is 0 Å². The standard InChI is InChI=1S/C22H29N3O6S2/c1-22(2)15-32(27,28)25(21(22)26)17-11-12-19(31-5)20(13-17)33(29,30)23-14-18(24(3)4)16-9-7-6-8-10-16/h6-13,18,23H,14-15H2,1-5H3. The third-order valence-corrected chi connectivity index (χ3v) is 8.99. The van der Waals surface area contributed by atoms with Gasteiger partial charge >= 0.3 is 0 Å². The fraction of sp³-hybridized carbons (Fsp3) is 0.409. The number of nitrogens with zero attached hydrogens (tertiary/aromatic N) is 2. The quantitative estimate of drug-likeness (QED) is 0.596. The maximum atomic E-state index is 13.2. The summed E-state index contributed by atoms with van der Waals surface area (Å²) in [5.74, 6) is -0.927. The zero-order valence-corrected chi connectivity index (χ0v) is 20.9. The molecule has 0 radical (unpaired) electrons. The maximum Gasteiger partial charge on any atom is 0.247 e. The second kappa shape index (κ2) is 9.05. The minimum absolute atomic E-state index is 0.0377. The van der Waals surface area contributed by atoms with E-state index in [0.29, 0.717) is 4.31 Å². The Hall–Kier alpha value is -2.47. The molecule has 1 atom stereocenters. The molecule has 1 unspecified atom stereocenters. The minimum atomic E-state index is -4.11. The van der Waals surface area contributed by atoms with Crippen molar-refractivity contribution >= 4 is 31.6 Å². The van der Waals surface area contributed by atoms with Crippen molar-refractivity contribution < 1.29 is 26.4 Å². The Kier molecular flexibility index (Phi) is 6.90. The van der Waals surface area contributed by atoms with Crippen molar-refractivity contribution in [3.63, 3.8) is 0 Å². The second-order valence-corrected chi connectivity index (χ2v) is 12.3. The van der Waals surface area contributed by atoms with E-state index in [1.807, 2.05) is 49.3 Å². The van der Waals surface area contributed by atoms with E-state index in [-0.39, 0.29) is 34.7 Å². The molecule has 1 aliphatic rings. The first kappa shape index (κ1) is 25.2. The number of amides is 1. The summed E-state index contributed by atoms with van der Waals surface area (Å²) in [5.41, 5.74) is -0.217. The number of ether oxygens (including phenoxy) is 1. The lowest BCUT2D eigenvalue weighted by atomic mass is 9.95. The lowest BCUT2D eigenvalue weighted by Crippen LogP contribution is -2.35. The predicted octanol–water partition coefficient (Wildman–Crippen LogP) is 1.98. The largest absolute Gasteiger partial charge is 0.495 e. The SMILES string of the molecule is COc1ccc(N2C(=O)C(C)(C)CS2(=O)=O)cc1S(=O)(=O)NCC(c1ccccc1)N(C)C. The average Bonchev–Trinajstić information content (AvgIpc) is 2.90. The molecule has 1 heterocycles. The van der Waals surface area contributed by atoms with Crippen LogP contribution in [0.5, 0.6) is 5.75 Å². The van der Waals surface area contributed by atoms with E-state index < -0.39 is 31.4 Å². The van der Waals surface area contributed by atoms with Gasteiger partial charge in [-0.25, -0.2) is 25.9 Å². The Morgan fingerprint density at radius 1 is 1.15 bits per heavy atom. The van der Waals surface area contributed by atoms with Gasteiger partial charge in [-0.05, 0) is 51.7 Å². The molecule has 33 heavy (non-hydrogen) atoms. The van der Waals surface area contributed by atoms with E-state index in [1.54, 1.807) is 13.8 Å². The molecule has 9 nitrogen and oxygen atoms in total. The number of anilines is 1. The molecule has 0 saturated carbocycles. The number of sulfonamides is 2. The van der Waals surface area contributed by atoms with Crippen LogP contribution in [0.15, 0.2) is 53.4 Å². The van der Waals surface area contributed by atoms with Crippen LogP contribution in [0.2, 0.25) is 0 Å². The number of likely N-dealkylation sites (N-methyl/N-ethyl adjacent to an activating group) is 1. The van der Waals surface area contributed by atoms with Gasteiger partial charge in [0, 0.05) is 12.6 Å². The Morgan fingerprint density at radius 3 is 2.30 bits per heavy atom. The summed E-state index contributed by atoms with van der Waals surface area (Å²) in [5, 5.41) is 0. The molecule has 0 spiro atoms. The van der Waals surface area contributed by atoms with Crippen molar-refractivity contribution in [2.24, 2.45) is 5.41 Å². The number of benzene rings is 2. The number of rotatable bonds is 8. The smallest absolute Gasteiger partial charge is 0.247 e. The molecule has 11 heteroatoms. The first-order valence-electron chi connectivity index (χ1n) is 10.3. The van der Waals surface area contributed by atoms with Crippen LogP contribution in [-0.2, 0) is 24.8 Å². The molecule has 2 aromatic rings. The minimum Gasteiger partial charge on any atom is -0.495 e. The van der Waals surface area contributed by atoms with Gasteiger partial charge in [-0.1, -0.05) is 30.3 Å². The number of hydrogen-bond acceptors (Lipinski definition) is 7. The highest BCUT2D eigenvalue weighted by atomic mass is 32.2. The fourth-order valence-corrected chi connectivity index (χ4v) is 7.13.